The van der Waals surface area contributed by atoms with Gasteiger partial charge in [-0.3, -0.25) is 4.79 Å². The van der Waals surface area contributed by atoms with Crippen LogP contribution in [0.25, 0.3) is 11.6 Å². The summed E-state index contributed by atoms with van der Waals surface area (Å²) in [5.41, 5.74) is 5.72. The molecule has 1 heterocycles. The third-order valence-electron chi connectivity index (χ3n) is 4.92. The highest BCUT2D eigenvalue weighted by Gasteiger charge is 2.21. The van der Waals surface area contributed by atoms with Crippen LogP contribution in [0.3, 0.4) is 0 Å². The Morgan fingerprint density at radius 1 is 1.15 bits per heavy atom. The highest BCUT2D eigenvalue weighted by atomic mass is 28.3. The molecule has 0 amide bonds. The van der Waals surface area contributed by atoms with Gasteiger partial charge in [-0.2, -0.15) is 0 Å². The first-order valence-corrected chi connectivity index (χ1v) is 13.2. The fraction of sp³-hybridized carbons (Fsp3) is 0.409. The van der Waals surface area contributed by atoms with E-state index in [1.165, 1.54) is 22.4 Å². The van der Waals surface area contributed by atoms with E-state index in [4.69, 9.17) is 4.74 Å². The van der Waals surface area contributed by atoms with Crippen molar-refractivity contribution >= 4 is 26.0 Å². The van der Waals surface area contributed by atoms with Crippen LogP contribution in [0.5, 0.6) is 0 Å². The second-order valence-corrected chi connectivity index (χ2v) is 13.9. The summed E-state index contributed by atoms with van der Waals surface area (Å²) < 4.78 is 8.01. The third kappa shape index (κ3) is 4.62. The van der Waals surface area contributed by atoms with E-state index in [2.05, 4.69) is 54.5 Å². The Balaban J connectivity index is 1.82. The predicted molar refractivity (Wildman–Crippen MR) is 111 cm³/mol. The van der Waals surface area contributed by atoms with E-state index in [1.807, 2.05) is 12.1 Å². The number of allylic oxidation sites excluding steroid dienone is 1. The van der Waals surface area contributed by atoms with Gasteiger partial charge in [0, 0.05) is 20.4 Å². The Bertz CT molecular complexity index is 784. The van der Waals surface area contributed by atoms with Gasteiger partial charge in [-0.25, -0.2) is 0 Å². The largest absolute Gasteiger partial charge is 0.361 e. The summed E-state index contributed by atoms with van der Waals surface area (Å²) in [4.78, 5) is 11.6. The molecule has 3 rings (SSSR count). The average molecular weight is 368 g/mol. The Labute approximate surface area is 157 Å². The second kappa shape index (κ2) is 8.19. The molecule has 1 aromatic heterocycles. The molecule has 0 N–H and O–H groups in total. The molecule has 1 aliphatic rings. The van der Waals surface area contributed by atoms with Crippen molar-refractivity contribution in [1.29, 1.82) is 0 Å². The third-order valence-corrected chi connectivity index (χ3v) is 6.63. The molecule has 26 heavy (non-hydrogen) atoms. The number of hydrogen-bond donors (Lipinski definition) is 0. The normalized spacial score (nSPS) is 15.9. The van der Waals surface area contributed by atoms with Crippen LogP contribution < -0.4 is 0 Å². The van der Waals surface area contributed by atoms with Crippen LogP contribution >= 0.6 is 0 Å². The number of nitrogens with zero attached hydrogens (tertiary/aromatic N) is 1. The molecular weight excluding hydrogens is 338 g/mol. The Kier molecular flexibility index (Phi) is 5.94. The SMILES string of the molecule is C[Si](C)(C)CCOCn1c(C=O)cc2c1CCC/C2=C\c1ccccc1. The first-order chi connectivity index (χ1) is 12.5. The molecule has 0 aliphatic heterocycles. The molecule has 0 radical (unpaired) electrons. The van der Waals surface area contributed by atoms with Gasteiger partial charge < -0.3 is 9.30 Å². The van der Waals surface area contributed by atoms with Crippen LogP contribution in [0.15, 0.2) is 36.4 Å². The van der Waals surface area contributed by atoms with Gasteiger partial charge in [-0.05, 0) is 48.1 Å². The van der Waals surface area contributed by atoms with Crippen LogP contribution in [-0.4, -0.2) is 25.5 Å². The number of carbonyl (C=O) groups is 1. The predicted octanol–water partition coefficient (Wildman–Crippen LogP) is 5.49. The molecule has 0 bridgehead atoms. The lowest BCUT2D eigenvalue weighted by molar-refractivity contribution is 0.0819. The molecule has 1 aromatic carbocycles. The van der Waals surface area contributed by atoms with Gasteiger partial charge in [0.2, 0.25) is 0 Å². The van der Waals surface area contributed by atoms with E-state index < -0.39 is 8.07 Å². The van der Waals surface area contributed by atoms with Gasteiger partial charge in [0.1, 0.15) is 6.73 Å². The standard InChI is InChI=1S/C22H29NO2Si/c1-26(2,3)13-12-25-17-23-20(16-24)15-21-19(10-7-11-22(21)23)14-18-8-5-4-6-9-18/h4-6,8-9,14-16H,7,10-13,17H2,1-3H3/b19-14+. The van der Waals surface area contributed by atoms with E-state index in [9.17, 15) is 4.79 Å². The lowest BCUT2D eigenvalue weighted by atomic mass is 9.91. The highest BCUT2D eigenvalue weighted by Crippen LogP contribution is 2.34. The van der Waals surface area contributed by atoms with Crippen molar-refractivity contribution in [2.24, 2.45) is 0 Å². The van der Waals surface area contributed by atoms with Gasteiger partial charge in [0.15, 0.2) is 6.29 Å². The van der Waals surface area contributed by atoms with Gasteiger partial charge in [0.05, 0.1) is 5.69 Å². The quantitative estimate of drug-likeness (QED) is 0.368. The molecule has 0 saturated heterocycles. The van der Waals surface area contributed by atoms with Gasteiger partial charge in [-0.15, -0.1) is 0 Å². The number of aromatic nitrogens is 1. The molecule has 2 aromatic rings. The fourth-order valence-corrected chi connectivity index (χ4v) is 4.18. The van der Waals surface area contributed by atoms with E-state index in [0.717, 1.165) is 43.9 Å². The van der Waals surface area contributed by atoms with Crippen molar-refractivity contribution in [3.05, 3.63) is 58.9 Å². The summed E-state index contributed by atoms with van der Waals surface area (Å²) in [6.07, 6.45) is 6.39. The molecule has 0 atom stereocenters. The molecule has 138 valence electrons. The summed E-state index contributed by atoms with van der Waals surface area (Å²) >= 11 is 0. The minimum Gasteiger partial charge on any atom is -0.361 e. The number of aldehydes is 1. The Morgan fingerprint density at radius 2 is 1.92 bits per heavy atom. The van der Waals surface area contributed by atoms with Crippen molar-refractivity contribution in [1.82, 2.24) is 4.57 Å². The van der Waals surface area contributed by atoms with Crippen molar-refractivity contribution < 1.29 is 9.53 Å². The molecular formula is C22H29NO2Si. The van der Waals surface area contributed by atoms with Crippen LogP contribution in [-0.2, 0) is 17.9 Å². The fourth-order valence-electron chi connectivity index (χ4n) is 3.42. The maximum absolute atomic E-state index is 11.6. The minimum absolute atomic E-state index is 0.479. The number of rotatable bonds is 7. The van der Waals surface area contributed by atoms with Crippen molar-refractivity contribution in [2.45, 2.75) is 51.7 Å². The molecule has 3 nitrogen and oxygen atoms in total. The maximum Gasteiger partial charge on any atom is 0.166 e. The number of hydrogen-bond acceptors (Lipinski definition) is 2. The summed E-state index contributed by atoms with van der Waals surface area (Å²) in [5, 5.41) is 0. The van der Waals surface area contributed by atoms with Gasteiger partial charge >= 0.3 is 0 Å². The van der Waals surface area contributed by atoms with Gasteiger partial charge in [-0.1, -0.05) is 56.0 Å². The second-order valence-electron chi connectivity index (χ2n) is 8.26. The zero-order valence-corrected chi connectivity index (χ0v) is 17.1. The Morgan fingerprint density at radius 3 is 2.62 bits per heavy atom. The molecule has 0 fully saturated rings. The maximum atomic E-state index is 11.6. The van der Waals surface area contributed by atoms with E-state index in [1.54, 1.807) is 0 Å². The lowest BCUT2D eigenvalue weighted by Gasteiger charge is -2.20. The summed E-state index contributed by atoms with van der Waals surface area (Å²) in [6, 6.07) is 13.6. The van der Waals surface area contributed by atoms with Crippen molar-refractivity contribution in [3.63, 3.8) is 0 Å². The molecule has 1 aliphatic carbocycles. The van der Waals surface area contributed by atoms with E-state index >= 15 is 0 Å². The summed E-state index contributed by atoms with van der Waals surface area (Å²) in [6.45, 7) is 8.31. The molecule has 0 unspecified atom stereocenters. The zero-order valence-electron chi connectivity index (χ0n) is 16.1. The van der Waals surface area contributed by atoms with E-state index in [-0.39, 0.29) is 0 Å². The van der Waals surface area contributed by atoms with Crippen LogP contribution in [0, 0.1) is 0 Å². The van der Waals surface area contributed by atoms with E-state index in [0.29, 0.717) is 6.73 Å². The topological polar surface area (TPSA) is 31.2 Å². The summed E-state index contributed by atoms with van der Waals surface area (Å²) in [5.74, 6) is 0. The first-order valence-electron chi connectivity index (χ1n) is 9.49. The first kappa shape index (κ1) is 18.9. The zero-order chi connectivity index (χ0) is 18.6. The average Bonchev–Trinajstić information content (AvgIpc) is 2.98. The highest BCUT2D eigenvalue weighted by molar-refractivity contribution is 6.76. The summed E-state index contributed by atoms with van der Waals surface area (Å²) in [7, 11) is -1.10. The van der Waals surface area contributed by atoms with Crippen molar-refractivity contribution in [2.75, 3.05) is 6.61 Å². The number of ether oxygens (including phenoxy) is 1. The number of carbonyl (C=O) groups excluding carboxylic acids is 1. The Hall–Kier alpha value is -1.91. The number of fused-ring (bicyclic) bond motifs is 1. The van der Waals surface area contributed by atoms with Gasteiger partial charge in [0.25, 0.3) is 0 Å². The lowest BCUT2D eigenvalue weighted by Crippen LogP contribution is -2.22. The van der Waals surface area contributed by atoms with Crippen LogP contribution in [0.4, 0.5) is 0 Å². The van der Waals surface area contributed by atoms with Crippen LogP contribution in [0.1, 0.15) is 40.2 Å². The van der Waals surface area contributed by atoms with Crippen molar-refractivity contribution in [3.8, 4) is 0 Å². The number of benzene rings is 1. The monoisotopic (exact) mass is 367 g/mol. The minimum atomic E-state index is -1.10. The smallest absolute Gasteiger partial charge is 0.166 e. The van der Waals surface area contributed by atoms with Crippen LogP contribution in [0.2, 0.25) is 25.7 Å². The molecule has 0 saturated carbocycles. The molecule has 4 heteroatoms. The molecule has 0 spiro atoms.